The van der Waals surface area contributed by atoms with Crippen LogP contribution in [0.5, 0.6) is 5.75 Å². The number of ether oxygens (including phenoxy) is 1. The topological polar surface area (TPSA) is 67.6 Å². The van der Waals surface area contributed by atoms with E-state index in [4.69, 9.17) is 4.74 Å². The van der Waals surface area contributed by atoms with Gasteiger partial charge in [0.2, 0.25) is 5.91 Å². The Morgan fingerprint density at radius 3 is 2.64 bits per heavy atom. The Labute approximate surface area is 149 Å². The number of likely N-dealkylation sites (N-methyl/N-ethyl adjacent to an activating group) is 1. The van der Waals surface area contributed by atoms with Crippen molar-refractivity contribution in [2.45, 2.75) is 39.3 Å². The van der Waals surface area contributed by atoms with Crippen molar-refractivity contribution in [3.8, 4) is 5.75 Å². The largest absolute Gasteiger partial charge is 0.494 e. The smallest absolute Gasteiger partial charge is 0.219 e. The maximum atomic E-state index is 11.2. The Balaban J connectivity index is 1.70. The molecule has 1 aromatic carbocycles. The second kappa shape index (κ2) is 9.22. The molecule has 6 heteroatoms. The van der Waals surface area contributed by atoms with Crippen LogP contribution < -0.4 is 4.74 Å². The van der Waals surface area contributed by atoms with E-state index in [0.29, 0.717) is 6.61 Å². The molecule has 0 unspecified atom stereocenters. The molecule has 1 atom stereocenters. The van der Waals surface area contributed by atoms with E-state index in [0.717, 1.165) is 36.4 Å². The van der Waals surface area contributed by atoms with Gasteiger partial charge in [0.15, 0.2) is 0 Å². The van der Waals surface area contributed by atoms with Crippen molar-refractivity contribution >= 4 is 5.91 Å². The second-order valence-corrected chi connectivity index (χ2v) is 6.29. The normalized spacial score (nSPS) is 12.0. The quantitative estimate of drug-likeness (QED) is 0.709. The number of aliphatic hydroxyl groups excluding tert-OH is 1. The lowest BCUT2D eigenvalue weighted by Crippen LogP contribution is -2.28. The minimum atomic E-state index is -0.693. The predicted octanol–water partition coefficient (Wildman–Crippen LogP) is 2.56. The molecule has 2 rings (SSSR count). The van der Waals surface area contributed by atoms with E-state index in [1.807, 2.05) is 43.7 Å². The molecule has 0 spiro atoms. The molecule has 0 aliphatic heterocycles. The minimum absolute atomic E-state index is 0.0649. The molecule has 0 saturated carbocycles. The summed E-state index contributed by atoms with van der Waals surface area (Å²) in [5.41, 5.74) is 1.81. The first-order chi connectivity index (χ1) is 12.0. The molecule has 25 heavy (non-hydrogen) atoms. The number of unbranched alkanes of at least 4 members (excludes halogenated alkanes) is 1. The molecule has 1 heterocycles. The lowest BCUT2D eigenvalue weighted by atomic mass is 10.1. The van der Waals surface area contributed by atoms with Crippen molar-refractivity contribution in [1.29, 1.82) is 0 Å². The van der Waals surface area contributed by atoms with Crippen LogP contribution in [0.3, 0.4) is 0 Å². The first-order valence-corrected chi connectivity index (χ1v) is 8.56. The SMILES string of the molecule is CC(=O)N(C)C[C@H](O)c1ccc(OCCCCn2cnc(C)c2)cc1. The number of carbonyl (C=O) groups is 1. The number of aliphatic hydroxyl groups is 1. The van der Waals surface area contributed by atoms with Gasteiger partial charge in [-0.15, -0.1) is 0 Å². The molecule has 0 radical (unpaired) electrons. The Morgan fingerprint density at radius 2 is 2.04 bits per heavy atom. The molecule has 136 valence electrons. The van der Waals surface area contributed by atoms with Crippen LogP contribution >= 0.6 is 0 Å². The molecule has 1 N–H and O–H groups in total. The average molecular weight is 345 g/mol. The summed E-state index contributed by atoms with van der Waals surface area (Å²) in [6.45, 7) is 5.35. The van der Waals surface area contributed by atoms with E-state index in [-0.39, 0.29) is 12.5 Å². The van der Waals surface area contributed by atoms with Gasteiger partial charge < -0.3 is 19.3 Å². The summed E-state index contributed by atoms with van der Waals surface area (Å²) >= 11 is 0. The number of imidazole rings is 1. The van der Waals surface area contributed by atoms with Gasteiger partial charge in [0.25, 0.3) is 0 Å². The van der Waals surface area contributed by atoms with Crippen molar-refractivity contribution < 1.29 is 14.6 Å². The second-order valence-electron chi connectivity index (χ2n) is 6.29. The highest BCUT2D eigenvalue weighted by atomic mass is 16.5. The van der Waals surface area contributed by atoms with E-state index in [9.17, 15) is 9.90 Å². The summed E-state index contributed by atoms with van der Waals surface area (Å²) < 4.78 is 7.82. The number of nitrogens with zero attached hydrogens (tertiary/aromatic N) is 3. The molecule has 0 bridgehead atoms. The van der Waals surface area contributed by atoms with Crippen LogP contribution in [0, 0.1) is 6.92 Å². The summed E-state index contributed by atoms with van der Waals surface area (Å²) in [6.07, 6.45) is 5.19. The first-order valence-electron chi connectivity index (χ1n) is 8.56. The molecular formula is C19H27N3O3. The highest BCUT2D eigenvalue weighted by molar-refractivity contribution is 5.72. The monoisotopic (exact) mass is 345 g/mol. The fourth-order valence-corrected chi connectivity index (χ4v) is 2.46. The van der Waals surface area contributed by atoms with Gasteiger partial charge in [0, 0.05) is 26.7 Å². The number of aryl methyl sites for hydroxylation is 2. The molecule has 0 saturated heterocycles. The molecular weight excluding hydrogens is 318 g/mol. The third kappa shape index (κ3) is 6.23. The Kier molecular flexibility index (Phi) is 7.01. The molecule has 6 nitrogen and oxygen atoms in total. The highest BCUT2D eigenvalue weighted by Gasteiger charge is 2.12. The summed E-state index contributed by atoms with van der Waals surface area (Å²) in [5, 5.41) is 10.1. The van der Waals surface area contributed by atoms with Gasteiger partial charge in [-0.05, 0) is 37.5 Å². The average Bonchev–Trinajstić information content (AvgIpc) is 3.00. The van der Waals surface area contributed by atoms with Crippen LogP contribution in [0.25, 0.3) is 0 Å². The zero-order valence-corrected chi connectivity index (χ0v) is 15.2. The third-order valence-corrected chi connectivity index (χ3v) is 4.09. The van der Waals surface area contributed by atoms with E-state index in [1.54, 1.807) is 7.05 Å². The summed E-state index contributed by atoms with van der Waals surface area (Å²) in [7, 11) is 1.67. The molecule has 0 fully saturated rings. The van der Waals surface area contributed by atoms with Crippen molar-refractivity contribution in [3.63, 3.8) is 0 Å². The van der Waals surface area contributed by atoms with Gasteiger partial charge in [-0.2, -0.15) is 0 Å². The highest BCUT2D eigenvalue weighted by Crippen LogP contribution is 2.19. The fraction of sp³-hybridized carbons (Fsp3) is 0.474. The summed E-state index contributed by atoms with van der Waals surface area (Å²) in [5.74, 6) is 0.721. The van der Waals surface area contributed by atoms with E-state index in [2.05, 4.69) is 9.55 Å². The Hall–Kier alpha value is -2.34. The van der Waals surface area contributed by atoms with Crippen molar-refractivity contribution in [2.24, 2.45) is 0 Å². The van der Waals surface area contributed by atoms with Gasteiger partial charge in [0.1, 0.15) is 5.75 Å². The Bertz CT molecular complexity index is 667. The van der Waals surface area contributed by atoms with Crippen LogP contribution in [0.4, 0.5) is 0 Å². The van der Waals surface area contributed by atoms with Crippen molar-refractivity contribution in [3.05, 3.63) is 48.0 Å². The fourth-order valence-electron chi connectivity index (χ4n) is 2.46. The maximum Gasteiger partial charge on any atom is 0.219 e. The molecule has 2 aromatic rings. The van der Waals surface area contributed by atoms with Gasteiger partial charge in [-0.1, -0.05) is 12.1 Å². The molecule has 0 aliphatic rings. The number of hydrogen-bond acceptors (Lipinski definition) is 4. The number of carbonyl (C=O) groups excluding carboxylic acids is 1. The van der Waals surface area contributed by atoms with Crippen LogP contribution in [-0.2, 0) is 11.3 Å². The predicted molar refractivity (Wildman–Crippen MR) is 96.4 cm³/mol. The zero-order valence-electron chi connectivity index (χ0n) is 15.2. The van der Waals surface area contributed by atoms with Crippen LogP contribution in [-0.4, -0.2) is 45.7 Å². The van der Waals surface area contributed by atoms with Crippen LogP contribution in [0.15, 0.2) is 36.8 Å². The van der Waals surface area contributed by atoms with Crippen LogP contribution in [0.2, 0.25) is 0 Å². The van der Waals surface area contributed by atoms with E-state index < -0.39 is 6.10 Å². The first kappa shape index (κ1) is 19.0. The van der Waals surface area contributed by atoms with Gasteiger partial charge in [-0.25, -0.2) is 4.98 Å². The number of hydrogen-bond donors (Lipinski definition) is 1. The minimum Gasteiger partial charge on any atom is -0.494 e. The summed E-state index contributed by atoms with van der Waals surface area (Å²) in [6, 6.07) is 7.38. The van der Waals surface area contributed by atoms with E-state index in [1.165, 1.54) is 11.8 Å². The van der Waals surface area contributed by atoms with Gasteiger partial charge >= 0.3 is 0 Å². The van der Waals surface area contributed by atoms with Gasteiger partial charge in [-0.3, -0.25) is 4.79 Å². The number of aromatic nitrogens is 2. The number of rotatable bonds is 9. The van der Waals surface area contributed by atoms with E-state index >= 15 is 0 Å². The van der Waals surface area contributed by atoms with Crippen molar-refractivity contribution in [1.82, 2.24) is 14.5 Å². The standard InChI is InChI=1S/C19H27N3O3/c1-15-12-22(14-20-15)10-4-5-11-25-18-8-6-17(7-9-18)19(24)13-21(3)16(2)23/h6-9,12,14,19,24H,4-5,10-11,13H2,1-3H3/t19-/m0/s1. The Morgan fingerprint density at radius 1 is 1.32 bits per heavy atom. The molecule has 0 aliphatic carbocycles. The maximum absolute atomic E-state index is 11.2. The van der Waals surface area contributed by atoms with Gasteiger partial charge in [0.05, 0.1) is 31.3 Å². The molecule has 1 aromatic heterocycles. The lowest BCUT2D eigenvalue weighted by molar-refractivity contribution is -0.128. The number of amides is 1. The lowest BCUT2D eigenvalue weighted by Gasteiger charge is -2.19. The molecule has 1 amide bonds. The third-order valence-electron chi connectivity index (χ3n) is 4.09. The summed E-state index contributed by atoms with van der Waals surface area (Å²) in [4.78, 5) is 16.9. The van der Waals surface area contributed by atoms with Crippen LogP contribution in [0.1, 0.15) is 37.1 Å². The number of benzene rings is 1. The van der Waals surface area contributed by atoms with Crippen molar-refractivity contribution in [2.75, 3.05) is 20.2 Å². The zero-order chi connectivity index (χ0) is 18.2.